The van der Waals surface area contributed by atoms with E-state index in [1.165, 1.54) is 5.56 Å². The molecule has 1 aromatic rings. The first kappa shape index (κ1) is 12.8. The standard InChI is InChI=1S/C13H22N2O/c1-10-11(6-4-2-3-5-7-16)8-12(14)9-13(10)15/h8-9,16H,2-7,14-15H2,1H3. The number of hydrogen-bond acceptors (Lipinski definition) is 3. The second kappa shape index (κ2) is 6.38. The lowest BCUT2D eigenvalue weighted by atomic mass is 9.99. The van der Waals surface area contributed by atoms with Crippen LogP contribution in [0.4, 0.5) is 11.4 Å². The molecule has 5 N–H and O–H groups in total. The van der Waals surface area contributed by atoms with E-state index in [1.54, 1.807) is 0 Å². The lowest BCUT2D eigenvalue weighted by molar-refractivity contribution is 0.282. The number of aliphatic hydroxyl groups is 1. The molecule has 90 valence electrons. The molecule has 0 atom stereocenters. The molecule has 0 bridgehead atoms. The summed E-state index contributed by atoms with van der Waals surface area (Å²) in [5.41, 5.74) is 15.6. The zero-order valence-corrected chi connectivity index (χ0v) is 10.00. The second-order valence-corrected chi connectivity index (χ2v) is 4.28. The Kier molecular flexibility index (Phi) is 5.12. The van der Waals surface area contributed by atoms with Crippen LogP contribution in [0.25, 0.3) is 0 Å². The van der Waals surface area contributed by atoms with Crippen LogP contribution in [0.2, 0.25) is 0 Å². The molecule has 0 unspecified atom stereocenters. The Hall–Kier alpha value is -1.22. The first-order valence-electron chi connectivity index (χ1n) is 5.90. The fourth-order valence-electron chi connectivity index (χ4n) is 1.86. The smallest absolute Gasteiger partial charge is 0.0431 e. The highest BCUT2D eigenvalue weighted by molar-refractivity contribution is 5.59. The third kappa shape index (κ3) is 3.74. The maximum absolute atomic E-state index is 8.67. The first-order valence-corrected chi connectivity index (χ1v) is 5.90. The van der Waals surface area contributed by atoms with Gasteiger partial charge >= 0.3 is 0 Å². The minimum absolute atomic E-state index is 0.296. The number of hydrogen-bond donors (Lipinski definition) is 3. The summed E-state index contributed by atoms with van der Waals surface area (Å²) < 4.78 is 0. The van der Waals surface area contributed by atoms with Crippen LogP contribution in [0.5, 0.6) is 0 Å². The summed E-state index contributed by atoms with van der Waals surface area (Å²) >= 11 is 0. The molecule has 1 rings (SSSR count). The van der Waals surface area contributed by atoms with Crippen molar-refractivity contribution in [3.8, 4) is 0 Å². The van der Waals surface area contributed by atoms with E-state index in [0.29, 0.717) is 6.61 Å². The van der Waals surface area contributed by atoms with Crippen molar-refractivity contribution in [1.82, 2.24) is 0 Å². The molecule has 3 nitrogen and oxygen atoms in total. The molecule has 16 heavy (non-hydrogen) atoms. The van der Waals surface area contributed by atoms with Crippen LogP contribution in [0, 0.1) is 6.92 Å². The average Bonchev–Trinajstić information content (AvgIpc) is 2.24. The highest BCUT2D eigenvalue weighted by Crippen LogP contribution is 2.22. The topological polar surface area (TPSA) is 72.3 Å². The molecule has 0 aliphatic heterocycles. The van der Waals surface area contributed by atoms with Crippen molar-refractivity contribution in [2.45, 2.75) is 39.0 Å². The molecule has 0 radical (unpaired) electrons. The Morgan fingerprint density at radius 1 is 1.06 bits per heavy atom. The predicted octanol–water partition coefficient (Wildman–Crippen LogP) is 2.25. The van der Waals surface area contributed by atoms with E-state index in [2.05, 4.69) is 0 Å². The van der Waals surface area contributed by atoms with Gasteiger partial charge in [0.2, 0.25) is 0 Å². The largest absolute Gasteiger partial charge is 0.399 e. The van der Waals surface area contributed by atoms with Gasteiger partial charge in [0.15, 0.2) is 0 Å². The van der Waals surface area contributed by atoms with Gasteiger partial charge in [-0.05, 0) is 49.4 Å². The number of benzene rings is 1. The van der Waals surface area contributed by atoms with Gasteiger partial charge in [-0.25, -0.2) is 0 Å². The third-order valence-electron chi connectivity index (χ3n) is 2.93. The summed E-state index contributed by atoms with van der Waals surface area (Å²) in [5.74, 6) is 0. The maximum Gasteiger partial charge on any atom is 0.0431 e. The van der Waals surface area contributed by atoms with Crippen molar-refractivity contribution in [1.29, 1.82) is 0 Å². The minimum Gasteiger partial charge on any atom is -0.399 e. The van der Waals surface area contributed by atoms with Crippen LogP contribution in [0.1, 0.15) is 36.8 Å². The summed E-state index contributed by atoms with van der Waals surface area (Å²) in [7, 11) is 0. The molecule has 0 aromatic heterocycles. The maximum atomic E-state index is 8.67. The van der Waals surface area contributed by atoms with E-state index in [1.807, 2.05) is 19.1 Å². The van der Waals surface area contributed by atoms with Gasteiger partial charge in [-0.1, -0.05) is 12.8 Å². The van der Waals surface area contributed by atoms with E-state index < -0.39 is 0 Å². The van der Waals surface area contributed by atoms with Gasteiger partial charge in [-0.3, -0.25) is 0 Å². The summed E-state index contributed by atoms with van der Waals surface area (Å²) in [6.45, 7) is 2.34. The number of aryl methyl sites for hydroxylation is 1. The van der Waals surface area contributed by atoms with E-state index in [4.69, 9.17) is 16.6 Å². The summed E-state index contributed by atoms with van der Waals surface area (Å²) in [4.78, 5) is 0. The molecule has 0 saturated carbocycles. The molecule has 0 spiro atoms. The quantitative estimate of drug-likeness (QED) is 0.510. The Labute approximate surface area is 97.5 Å². The molecular weight excluding hydrogens is 200 g/mol. The fraction of sp³-hybridized carbons (Fsp3) is 0.538. The Morgan fingerprint density at radius 3 is 2.44 bits per heavy atom. The molecule has 0 fully saturated rings. The predicted molar refractivity (Wildman–Crippen MR) is 69.3 cm³/mol. The Morgan fingerprint density at radius 2 is 1.75 bits per heavy atom. The average molecular weight is 222 g/mol. The SMILES string of the molecule is Cc1c(N)cc(N)cc1CCCCCCO. The number of aliphatic hydroxyl groups excluding tert-OH is 1. The molecule has 0 saturated heterocycles. The van der Waals surface area contributed by atoms with Crippen molar-refractivity contribution < 1.29 is 5.11 Å². The van der Waals surface area contributed by atoms with Gasteiger partial charge in [-0.2, -0.15) is 0 Å². The summed E-state index contributed by atoms with van der Waals surface area (Å²) in [5, 5.41) is 8.67. The zero-order valence-electron chi connectivity index (χ0n) is 10.00. The number of nitrogens with two attached hydrogens (primary N) is 2. The van der Waals surface area contributed by atoms with Crippen molar-refractivity contribution >= 4 is 11.4 Å². The highest BCUT2D eigenvalue weighted by Gasteiger charge is 2.03. The Balaban J connectivity index is 2.47. The summed E-state index contributed by atoms with van der Waals surface area (Å²) in [6, 6.07) is 3.82. The van der Waals surface area contributed by atoms with Crippen LogP contribution in [0.15, 0.2) is 12.1 Å². The van der Waals surface area contributed by atoms with Crippen LogP contribution in [-0.2, 0) is 6.42 Å². The van der Waals surface area contributed by atoms with E-state index in [-0.39, 0.29) is 0 Å². The van der Waals surface area contributed by atoms with Crippen molar-refractivity contribution in [2.24, 2.45) is 0 Å². The monoisotopic (exact) mass is 222 g/mol. The van der Waals surface area contributed by atoms with Crippen molar-refractivity contribution in [2.75, 3.05) is 18.1 Å². The van der Waals surface area contributed by atoms with Crippen molar-refractivity contribution in [3.63, 3.8) is 0 Å². The molecule has 3 heteroatoms. The number of anilines is 2. The van der Waals surface area contributed by atoms with Gasteiger partial charge in [0.05, 0.1) is 0 Å². The molecule has 0 heterocycles. The first-order chi connectivity index (χ1) is 7.65. The van der Waals surface area contributed by atoms with Gasteiger partial charge < -0.3 is 16.6 Å². The lowest BCUT2D eigenvalue weighted by Crippen LogP contribution is -1.99. The van der Waals surface area contributed by atoms with Gasteiger partial charge in [0, 0.05) is 18.0 Å². The third-order valence-corrected chi connectivity index (χ3v) is 2.93. The van der Waals surface area contributed by atoms with Crippen LogP contribution >= 0.6 is 0 Å². The Bertz CT molecular complexity index is 337. The highest BCUT2D eigenvalue weighted by atomic mass is 16.2. The van der Waals surface area contributed by atoms with E-state index in [9.17, 15) is 0 Å². The van der Waals surface area contributed by atoms with Crippen LogP contribution in [-0.4, -0.2) is 11.7 Å². The lowest BCUT2D eigenvalue weighted by Gasteiger charge is -2.10. The number of nitrogen functional groups attached to an aromatic ring is 2. The minimum atomic E-state index is 0.296. The van der Waals surface area contributed by atoms with Crippen LogP contribution in [0.3, 0.4) is 0 Å². The normalized spacial score (nSPS) is 10.6. The molecule has 0 aliphatic rings. The molecule has 1 aromatic carbocycles. The summed E-state index contributed by atoms with van der Waals surface area (Å²) in [6.07, 6.45) is 5.29. The van der Waals surface area contributed by atoms with E-state index >= 15 is 0 Å². The molecule has 0 aliphatic carbocycles. The van der Waals surface area contributed by atoms with E-state index in [0.717, 1.165) is 49.0 Å². The fourth-order valence-corrected chi connectivity index (χ4v) is 1.86. The van der Waals surface area contributed by atoms with Crippen LogP contribution < -0.4 is 11.5 Å². The molecular formula is C13H22N2O. The number of unbranched alkanes of at least 4 members (excludes halogenated alkanes) is 3. The number of rotatable bonds is 6. The van der Waals surface area contributed by atoms with Gasteiger partial charge in [0.25, 0.3) is 0 Å². The van der Waals surface area contributed by atoms with Gasteiger partial charge in [0.1, 0.15) is 0 Å². The zero-order chi connectivity index (χ0) is 12.0. The molecule has 0 amide bonds. The van der Waals surface area contributed by atoms with Crippen molar-refractivity contribution in [3.05, 3.63) is 23.3 Å². The van der Waals surface area contributed by atoms with Gasteiger partial charge in [-0.15, -0.1) is 0 Å². The second-order valence-electron chi connectivity index (χ2n) is 4.28.